The number of rotatable bonds is 3. The summed E-state index contributed by atoms with van der Waals surface area (Å²) in [6.07, 6.45) is 0. The molecule has 2 aromatic rings. The smallest absolute Gasteiger partial charge is 0.338 e. The number of aromatic carboxylic acids is 1. The lowest BCUT2D eigenvalue weighted by atomic mass is 10.1. The number of hydrogen-bond donors (Lipinski definition) is 2. The van der Waals surface area contributed by atoms with E-state index in [0.717, 1.165) is 18.2 Å². The summed E-state index contributed by atoms with van der Waals surface area (Å²) < 4.78 is 32.3. The molecule has 0 spiro atoms. The molecule has 0 saturated carbocycles. The van der Waals surface area contributed by atoms with E-state index in [1.165, 1.54) is 12.1 Å². The predicted molar refractivity (Wildman–Crippen MR) is 71.9 cm³/mol. The number of carbonyl (C=O) groups is 1. The summed E-state index contributed by atoms with van der Waals surface area (Å²) in [4.78, 5) is 10.7. The fourth-order valence-electron chi connectivity index (χ4n) is 1.49. The molecule has 0 aliphatic heterocycles. The normalized spacial score (nSPS) is 10.3. The molecule has 20 heavy (non-hydrogen) atoms. The number of carboxylic acids is 1. The molecule has 0 fully saturated rings. The fourth-order valence-corrected chi connectivity index (χ4v) is 1.74. The number of benzene rings is 2. The van der Waals surface area contributed by atoms with Crippen LogP contribution in [0.1, 0.15) is 10.4 Å². The molecule has 0 heterocycles. The molecule has 2 rings (SSSR count). The van der Waals surface area contributed by atoms with Crippen molar-refractivity contribution in [3.8, 4) is 11.5 Å². The average molecular weight is 344 g/mol. The van der Waals surface area contributed by atoms with Crippen LogP contribution in [-0.2, 0) is 0 Å². The van der Waals surface area contributed by atoms with E-state index in [4.69, 9.17) is 15.6 Å². The van der Waals surface area contributed by atoms with Crippen molar-refractivity contribution in [1.29, 1.82) is 0 Å². The van der Waals surface area contributed by atoms with Gasteiger partial charge in [-0.2, -0.15) is 0 Å². The maximum absolute atomic E-state index is 13.5. The highest BCUT2D eigenvalue weighted by molar-refractivity contribution is 9.10. The Morgan fingerprint density at radius 2 is 1.90 bits per heavy atom. The van der Waals surface area contributed by atoms with Crippen molar-refractivity contribution in [2.24, 2.45) is 0 Å². The first-order valence-electron chi connectivity index (χ1n) is 5.33. The Kier molecular flexibility index (Phi) is 3.89. The molecule has 2 aromatic carbocycles. The van der Waals surface area contributed by atoms with Gasteiger partial charge in [0.2, 0.25) is 0 Å². The highest BCUT2D eigenvalue weighted by Gasteiger charge is 2.15. The summed E-state index contributed by atoms with van der Waals surface area (Å²) in [5, 5.41) is 8.75. The SMILES string of the molecule is Nc1cc(C(=O)O)c(F)cc1Oc1ccc(Br)c(F)c1. The second-order valence-corrected chi connectivity index (χ2v) is 4.71. The van der Waals surface area contributed by atoms with Crippen LogP contribution in [0.5, 0.6) is 11.5 Å². The number of nitrogen functional groups attached to an aromatic ring is 1. The lowest BCUT2D eigenvalue weighted by Crippen LogP contribution is -2.03. The fraction of sp³-hybridized carbons (Fsp3) is 0. The summed E-state index contributed by atoms with van der Waals surface area (Å²) in [7, 11) is 0. The van der Waals surface area contributed by atoms with Crippen molar-refractivity contribution in [3.05, 3.63) is 52.0 Å². The molecule has 0 amide bonds. The van der Waals surface area contributed by atoms with Crippen LogP contribution in [0, 0.1) is 11.6 Å². The average Bonchev–Trinajstić information content (AvgIpc) is 2.37. The number of anilines is 1. The van der Waals surface area contributed by atoms with Gasteiger partial charge in [0.25, 0.3) is 0 Å². The van der Waals surface area contributed by atoms with Gasteiger partial charge in [0.05, 0.1) is 15.7 Å². The number of hydrogen-bond acceptors (Lipinski definition) is 3. The minimum atomic E-state index is -1.43. The molecule has 0 atom stereocenters. The van der Waals surface area contributed by atoms with E-state index in [0.29, 0.717) is 0 Å². The van der Waals surface area contributed by atoms with Crippen LogP contribution in [0.4, 0.5) is 14.5 Å². The van der Waals surface area contributed by atoms with Crippen LogP contribution >= 0.6 is 15.9 Å². The van der Waals surface area contributed by atoms with Crippen LogP contribution in [0.2, 0.25) is 0 Å². The highest BCUT2D eigenvalue weighted by Crippen LogP contribution is 2.31. The third kappa shape index (κ3) is 2.88. The topological polar surface area (TPSA) is 72.6 Å². The molecule has 0 radical (unpaired) electrons. The first-order valence-corrected chi connectivity index (χ1v) is 6.13. The first kappa shape index (κ1) is 14.3. The van der Waals surface area contributed by atoms with Gasteiger partial charge in [-0.1, -0.05) is 0 Å². The molecule has 0 unspecified atom stereocenters. The Bertz CT molecular complexity index is 692. The molecule has 0 aromatic heterocycles. The Hall–Kier alpha value is -2.15. The molecule has 0 aliphatic carbocycles. The summed E-state index contributed by atoms with van der Waals surface area (Å²) in [5.41, 5.74) is 4.96. The third-order valence-corrected chi connectivity index (χ3v) is 3.09. The van der Waals surface area contributed by atoms with Gasteiger partial charge >= 0.3 is 5.97 Å². The zero-order valence-corrected chi connectivity index (χ0v) is 11.4. The molecular formula is C13H8BrF2NO3. The van der Waals surface area contributed by atoms with E-state index >= 15 is 0 Å². The molecule has 7 heteroatoms. The number of ether oxygens (including phenoxy) is 1. The standard InChI is InChI=1S/C13H8BrF2NO3/c14-8-2-1-6(3-10(8)16)20-12-5-9(15)7(13(18)19)4-11(12)17/h1-5H,17H2,(H,18,19). The van der Waals surface area contributed by atoms with Gasteiger partial charge in [-0.15, -0.1) is 0 Å². The van der Waals surface area contributed by atoms with Crippen molar-refractivity contribution >= 4 is 27.6 Å². The Morgan fingerprint density at radius 3 is 2.50 bits per heavy atom. The Balaban J connectivity index is 2.36. The third-order valence-electron chi connectivity index (χ3n) is 2.45. The lowest BCUT2D eigenvalue weighted by Gasteiger charge is -2.10. The quantitative estimate of drug-likeness (QED) is 0.831. The van der Waals surface area contributed by atoms with Gasteiger partial charge in [0.1, 0.15) is 17.4 Å². The van der Waals surface area contributed by atoms with Crippen molar-refractivity contribution in [1.82, 2.24) is 0 Å². The van der Waals surface area contributed by atoms with Crippen molar-refractivity contribution < 1.29 is 23.4 Å². The van der Waals surface area contributed by atoms with Crippen molar-refractivity contribution in [3.63, 3.8) is 0 Å². The van der Waals surface area contributed by atoms with E-state index < -0.39 is 23.2 Å². The van der Waals surface area contributed by atoms with E-state index in [-0.39, 0.29) is 21.7 Å². The molecule has 0 bridgehead atoms. The molecule has 3 N–H and O–H groups in total. The van der Waals surface area contributed by atoms with Gasteiger partial charge in [0, 0.05) is 12.1 Å². The summed E-state index contributed by atoms with van der Waals surface area (Å²) >= 11 is 2.99. The zero-order valence-electron chi connectivity index (χ0n) is 9.86. The second kappa shape index (κ2) is 5.46. The maximum Gasteiger partial charge on any atom is 0.338 e. The van der Waals surface area contributed by atoms with E-state index in [1.54, 1.807) is 0 Å². The van der Waals surface area contributed by atoms with Crippen LogP contribution in [0.15, 0.2) is 34.8 Å². The minimum absolute atomic E-state index is 0.0628. The van der Waals surface area contributed by atoms with Gasteiger partial charge in [0.15, 0.2) is 5.75 Å². The van der Waals surface area contributed by atoms with Crippen molar-refractivity contribution in [2.75, 3.05) is 5.73 Å². The maximum atomic E-state index is 13.5. The first-order chi connectivity index (χ1) is 9.38. The summed E-state index contributed by atoms with van der Waals surface area (Å²) in [6.45, 7) is 0. The van der Waals surface area contributed by atoms with Gasteiger partial charge < -0.3 is 15.6 Å². The second-order valence-electron chi connectivity index (χ2n) is 3.85. The molecular weight excluding hydrogens is 336 g/mol. The summed E-state index contributed by atoms with van der Waals surface area (Å²) in [6, 6.07) is 5.76. The van der Waals surface area contributed by atoms with Crippen LogP contribution < -0.4 is 10.5 Å². The van der Waals surface area contributed by atoms with Crippen molar-refractivity contribution in [2.45, 2.75) is 0 Å². The lowest BCUT2D eigenvalue weighted by molar-refractivity contribution is 0.0692. The van der Waals surface area contributed by atoms with E-state index in [2.05, 4.69) is 15.9 Å². The monoisotopic (exact) mass is 343 g/mol. The van der Waals surface area contributed by atoms with Crippen LogP contribution in [0.25, 0.3) is 0 Å². The van der Waals surface area contributed by atoms with E-state index in [9.17, 15) is 13.6 Å². The Labute approximate surface area is 120 Å². The molecule has 104 valence electrons. The largest absolute Gasteiger partial charge is 0.478 e. The Morgan fingerprint density at radius 1 is 1.20 bits per heavy atom. The molecule has 0 saturated heterocycles. The molecule has 0 aliphatic rings. The number of nitrogens with two attached hydrogens (primary N) is 1. The van der Waals surface area contributed by atoms with E-state index in [1.807, 2.05) is 0 Å². The van der Waals surface area contributed by atoms with Gasteiger partial charge in [-0.05, 0) is 34.1 Å². The van der Waals surface area contributed by atoms with Gasteiger partial charge in [-0.25, -0.2) is 13.6 Å². The number of carboxylic acid groups (broad SMARTS) is 1. The van der Waals surface area contributed by atoms with Gasteiger partial charge in [-0.3, -0.25) is 0 Å². The molecule has 4 nitrogen and oxygen atoms in total. The zero-order chi connectivity index (χ0) is 14.9. The predicted octanol–water partition coefficient (Wildman–Crippen LogP) is 3.80. The summed E-state index contributed by atoms with van der Waals surface area (Å²) in [5.74, 6) is -2.95. The van der Waals surface area contributed by atoms with Crippen LogP contribution in [0.3, 0.4) is 0 Å². The highest BCUT2D eigenvalue weighted by atomic mass is 79.9. The van der Waals surface area contributed by atoms with Crippen LogP contribution in [-0.4, -0.2) is 11.1 Å². The minimum Gasteiger partial charge on any atom is -0.478 e. The number of halogens is 3.